The maximum Gasteiger partial charge on any atom is 0.159 e. The quantitative estimate of drug-likeness (QED) is 0.337. The summed E-state index contributed by atoms with van der Waals surface area (Å²) in [4.78, 5) is 10.2. The molecule has 2 aromatic heterocycles. The lowest BCUT2D eigenvalue weighted by Gasteiger charge is -2.12. The Kier molecular flexibility index (Phi) is 5.66. The minimum Gasteiger partial charge on any atom is -0.508 e. The molecule has 5 rings (SSSR count). The van der Waals surface area contributed by atoms with E-state index in [1.54, 1.807) is 12.1 Å². The van der Waals surface area contributed by atoms with Gasteiger partial charge < -0.3 is 5.11 Å². The summed E-state index contributed by atoms with van der Waals surface area (Å²) in [6, 6.07) is 28.1. The summed E-state index contributed by atoms with van der Waals surface area (Å²) in [5.74, 6) is 0.554. The van der Waals surface area contributed by atoms with Gasteiger partial charge in [0.1, 0.15) is 5.75 Å². The van der Waals surface area contributed by atoms with E-state index in [9.17, 15) is 5.11 Å². The highest BCUT2D eigenvalue weighted by molar-refractivity contribution is 5.63. The SMILES string of the molecule is CC(C)c1c(Cc2ccccc2)nc2c(Cc3ccccc3)nc(-c3ccc(O)cc3)cn12. The summed E-state index contributed by atoms with van der Waals surface area (Å²) in [7, 11) is 0. The van der Waals surface area contributed by atoms with Gasteiger partial charge in [0, 0.05) is 30.3 Å². The maximum absolute atomic E-state index is 9.75. The van der Waals surface area contributed by atoms with E-state index in [-0.39, 0.29) is 5.75 Å². The Bertz CT molecular complexity index is 1370. The first kappa shape index (κ1) is 21.0. The van der Waals surface area contributed by atoms with Crippen LogP contribution in [0, 0.1) is 0 Å². The van der Waals surface area contributed by atoms with E-state index in [0.717, 1.165) is 34.7 Å². The van der Waals surface area contributed by atoms with Gasteiger partial charge in [0.05, 0.1) is 17.1 Å². The number of benzene rings is 3. The zero-order valence-corrected chi connectivity index (χ0v) is 18.9. The Balaban J connectivity index is 1.71. The number of hydrogen-bond donors (Lipinski definition) is 1. The molecular weight excluding hydrogens is 406 g/mol. The molecular formula is C29H27N3O. The molecule has 0 aliphatic rings. The van der Waals surface area contributed by atoms with Crippen LogP contribution in [0.5, 0.6) is 5.75 Å². The molecule has 0 saturated carbocycles. The van der Waals surface area contributed by atoms with Crippen LogP contribution >= 0.6 is 0 Å². The van der Waals surface area contributed by atoms with Crippen LogP contribution in [-0.2, 0) is 12.8 Å². The molecule has 0 bridgehead atoms. The number of phenolic OH excluding ortho intramolecular Hbond substituents is 1. The van der Waals surface area contributed by atoms with Crippen molar-refractivity contribution in [1.29, 1.82) is 0 Å². The molecule has 4 heteroatoms. The van der Waals surface area contributed by atoms with Crippen molar-refractivity contribution in [3.63, 3.8) is 0 Å². The summed E-state index contributed by atoms with van der Waals surface area (Å²) in [6.45, 7) is 4.44. The molecule has 4 nitrogen and oxygen atoms in total. The van der Waals surface area contributed by atoms with E-state index in [2.05, 4.69) is 73.0 Å². The van der Waals surface area contributed by atoms with Crippen molar-refractivity contribution < 1.29 is 5.11 Å². The van der Waals surface area contributed by atoms with Gasteiger partial charge >= 0.3 is 0 Å². The zero-order valence-electron chi connectivity index (χ0n) is 18.9. The van der Waals surface area contributed by atoms with Crippen molar-refractivity contribution in [2.45, 2.75) is 32.6 Å². The topological polar surface area (TPSA) is 50.4 Å². The molecule has 0 amide bonds. The van der Waals surface area contributed by atoms with Crippen LogP contribution in [0.1, 0.15) is 48.0 Å². The van der Waals surface area contributed by atoms with Crippen LogP contribution < -0.4 is 0 Å². The van der Waals surface area contributed by atoms with Gasteiger partial charge in [-0.25, -0.2) is 9.97 Å². The van der Waals surface area contributed by atoms with Crippen LogP contribution in [0.25, 0.3) is 16.9 Å². The van der Waals surface area contributed by atoms with Crippen molar-refractivity contribution >= 4 is 5.65 Å². The first-order chi connectivity index (χ1) is 16.1. The van der Waals surface area contributed by atoms with Crippen LogP contribution in [0.15, 0.2) is 91.1 Å². The molecule has 164 valence electrons. The third-order valence-electron chi connectivity index (χ3n) is 5.93. The highest BCUT2D eigenvalue weighted by Crippen LogP contribution is 2.29. The third kappa shape index (κ3) is 4.37. The number of phenols is 1. The van der Waals surface area contributed by atoms with Crippen LogP contribution in [0.2, 0.25) is 0 Å². The lowest BCUT2D eigenvalue weighted by Crippen LogP contribution is -2.04. The third-order valence-corrected chi connectivity index (χ3v) is 5.93. The normalized spacial score (nSPS) is 11.4. The Morgan fingerprint density at radius 1 is 0.727 bits per heavy atom. The van der Waals surface area contributed by atoms with Gasteiger partial charge in [-0.1, -0.05) is 74.5 Å². The lowest BCUT2D eigenvalue weighted by molar-refractivity contribution is 0.475. The second-order valence-electron chi connectivity index (χ2n) is 8.74. The van der Waals surface area contributed by atoms with E-state index in [1.807, 2.05) is 24.3 Å². The molecule has 0 atom stereocenters. The minimum atomic E-state index is 0.250. The Morgan fingerprint density at radius 2 is 1.30 bits per heavy atom. The number of imidazole rings is 1. The molecule has 0 fully saturated rings. The number of aromatic hydroxyl groups is 1. The van der Waals surface area contributed by atoms with E-state index >= 15 is 0 Å². The summed E-state index contributed by atoms with van der Waals surface area (Å²) >= 11 is 0. The standard InChI is InChI=1S/C29H27N3O/c1-20(2)28-25(17-21-9-5-3-6-10-21)31-29-26(18-22-11-7-4-8-12-22)30-27(19-32(28)29)23-13-15-24(33)16-14-23/h3-16,19-20,33H,17-18H2,1-2H3. The number of nitrogens with zero attached hydrogens (tertiary/aromatic N) is 3. The molecule has 5 aromatic rings. The minimum absolute atomic E-state index is 0.250. The molecule has 0 spiro atoms. The van der Waals surface area contributed by atoms with Crippen molar-refractivity contribution in [2.75, 3.05) is 0 Å². The van der Waals surface area contributed by atoms with E-state index in [1.165, 1.54) is 16.8 Å². The first-order valence-corrected chi connectivity index (χ1v) is 11.4. The Morgan fingerprint density at radius 3 is 1.88 bits per heavy atom. The average Bonchev–Trinajstić information content (AvgIpc) is 3.19. The van der Waals surface area contributed by atoms with Gasteiger partial charge in [0.15, 0.2) is 5.65 Å². The second kappa shape index (κ2) is 8.91. The van der Waals surface area contributed by atoms with Crippen molar-refractivity contribution in [2.24, 2.45) is 0 Å². The summed E-state index contributed by atoms with van der Waals surface area (Å²) in [6.07, 6.45) is 3.58. The fraction of sp³-hybridized carbons (Fsp3) is 0.172. The molecule has 33 heavy (non-hydrogen) atoms. The first-order valence-electron chi connectivity index (χ1n) is 11.4. The Labute approximate surface area is 194 Å². The maximum atomic E-state index is 9.75. The van der Waals surface area contributed by atoms with Gasteiger partial charge in [-0.05, 0) is 41.3 Å². The number of aromatic nitrogens is 3. The van der Waals surface area contributed by atoms with Gasteiger partial charge in [0.25, 0.3) is 0 Å². The highest BCUT2D eigenvalue weighted by atomic mass is 16.3. The van der Waals surface area contributed by atoms with Gasteiger partial charge in [-0.3, -0.25) is 4.40 Å². The van der Waals surface area contributed by atoms with Gasteiger partial charge in [-0.2, -0.15) is 0 Å². The van der Waals surface area contributed by atoms with E-state index in [0.29, 0.717) is 12.3 Å². The Hall–Kier alpha value is -3.92. The van der Waals surface area contributed by atoms with E-state index in [4.69, 9.17) is 9.97 Å². The van der Waals surface area contributed by atoms with Gasteiger partial charge in [-0.15, -0.1) is 0 Å². The van der Waals surface area contributed by atoms with Crippen LogP contribution in [0.3, 0.4) is 0 Å². The predicted octanol–water partition coefficient (Wildman–Crippen LogP) is 6.41. The fourth-order valence-electron chi connectivity index (χ4n) is 4.38. The number of fused-ring (bicyclic) bond motifs is 1. The lowest BCUT2D eigenvalue weighted by atomic mass is 10.0. The number of hydrogen-bond acceptors (Lipinski definition) is 3. The van der Waals surface area contributed by atoms with Crippen molar-refractivity contribution in [3.8, 4) is 17.0 Å². The highest BCUT2D eigenvalue weighted by Gasteiger charge is 2.20. The molecule has 0 radical (unpaired) electrons. The second-order valence-corrected chi connectivity index (χ2v) is 8.74. The van der Waals surface area contributed by atoms with Crippen molar-refractivity contribution in [1.82, 2.24) is 14.4 Å². The predicted molar refractivity (Wildman–Crippen MR) is 133 cm³/mol. The number of rotatable bonds is 6. The zero-order chi connectivity index (χ0) is 22.8. The molecule has 0 aliphatic carbocycles. The fourth-order valence-corrected chi connectivity index (χ4v) is 4.38. The molecule has 2 heterocycles. The molecule has 1 N–H and O–H groups in total. The monoisotopic (exact) mass is 433 g/mol. The summed E-state index contributed by atoms with van der Waals surface area (Å²) in [5.41, 5.74) is 8.47. The largest absolute Gasteiger partial charge is 0.508 e. The van der Waals surface area contributed by atoms with Crippen LogP contribution in [-0.4, -0.2) is 19.5 Å². The van der Waals surface area contributed by atoms with Gasteiger partial charge in [0.2, 0.25) is 0 Å². The smallest absolute Gasteiger partial charge is 0.159 e. The molecule has 0 aliphatic heterocycles. The molecule has 0 unspecified atom stereocenters. The average molecular weight is 434 g/mol. The van der Waals surface area contributed by atoms with E-state index < -0.39 is 0 Å². The summed E-state index contributed by atoms with van der Waals surface area (Å²) in [5, 5.41) is 9.75. The van der Waals surface area contributed by atoms with Crippen molar-refractivity contribution in [3.05, 3.63) is 119 Å². The molecule has 3 aromatic carbocycles. The van der Waals surface area contributed by atoms with Crippen LogP contribution in [0.4, 0.5) is 0 Å². The molecule has 0 saturated heterocycles. The summed E-state index contributed by atoms with van der Waals surface area (Å²) < 4.78 is 2.23.